The molecule has 0 spiro atoms. The van der Waals surface area contributed by atoms with Gasteiger partial charge in [-0.15, -0.1) is 0 Å². The number of hydrogen-bond acceptors (Lipinski definition) is 4. The van der Waals surface area contributed by atoms with Gasteiger partial charge >= 0.3 is 0 Å². The molecular weight excluding hydrogens is 383 g/mol. The first-order valence-corrected chi connectivity index (χ1v) is 10.8. The maximum atomic E-state index is 13.1. The summed E-state index contributed by atoms with van der Waals surface area (Å²) in [5.74, 6) is -1.07. The highest BCUT2D eigenvalue weighted by atomic mass is 32.2. The van der Waals surface area contributed by atoms with E-state index >= 15 is 0 Å². The van der Waals surface area contributed by atoms with E-state index in [1.165, 1.54) is 16.4 Å². The average molecular weight is 408 g/mol. The molecule has 0 saturated carbocycles. The van der Waals surface area contributed by atoms with Crippen LogP contribution in [0.3, 0.4) is 0 Å². The smallest absolute Gasteiger partial charge is 0.243 e. The molecule has 9 heteroatoms. The van der Waals surface area contributed by atoms with E-state index in [0.29, 0.717) is 25.9 Å². The zero-order chi connectivity index (χ0) is 20.3. The highest BCUT2D eigenvalue weighted by Crippen LogP contribution is 2.24. The van der Waals surface area contributed by atoms with Crippen LogP contribution in [0.5, 0.6) is 0 Å². The zero-order valence-corrected chi connectivity index (χ0v) is 16.9. The Morgan fingerprint density at radius 1 is 1.32 bits per heavy atom. The van der Waals surface area contributed by atoms with E-state index in [0.717, 1.165) is 29.9 Å². The molecule has 7 nitrogen and oxygen atoms in total. The molecule has 2 heterocycles. The van der Waals surface area contributed by atoms with Gasteiger partial charge in [-0.05, 0) is 51.0 Å². The van der Waals surface area contributed by atoms with Crippen molar-refractivity contribution in [2.24, 2.45) is 5.92 Å². The molecule has 1 aromatic carbocycles. The van der Waals surface area contributed by atoms with Gasteiger partial charge in [0, 0.05) is 37.9 Å². The molecule has 152 valence electrons. The van der Waals surface area contributed by atoms with Gasteiger partial charge in [0.25, 0.3) is 0 Å². The van der Waals surface area contributed by atoms with Crippen LogP contribution in [0.4, 0.5) is 4.39 Å². The van der Waals surface area contributed by atoms with E-state index in [-0.39, 0.29) is 17.3 Å². The van der Waals surface area contributed by atoms with Gasteiger partial charge in [0.2, 0.25) is 15.9 Å². The first-order valence-electron chi connectivity index (χ1n) is 9.37. The lowest BCUT2D eigenvalue weighted by Crippen LogP contribution is -2.45. The number of hydrogen-bond donors (Lipinski definition) is 1. The number of sulfonamides is 1. The van der Waals surface area contributed by atoms with Crippen molar-refractivity contribution in [3.05, 3.63) is 47.5 Å². The summed E-state index contributed by atoms with van der Waals surface area (Å²) in [6, 6.07) is 4.75. The molecule has 0 bridgehead atoms. The fourth-order valence-electron chi connectivity index (χ4n) is 3.35. The Balaban J connectivity index is 1.64. The average Bonchev–Trinajstić information content (AvgIpc) is 3.06. The summed E-state index contributed by atoms with van der Waals surface area (Å²) in [5, 5.41) is 7.26. The van der Waals surface area contributed by atoms with Crippen LogP contribution in [0.15, 0.2) is 35.4 Å². The normalized spacial score (nSPS) is 18.2. The quantitative estimate of drug-likeness (QED) is 0.793. The largest absolute Gasteiger partial charge is 0.352 e. The van der Waals surface area contributed by atoms with Crippen LogP contribution in [0.25, 0.3) is 0 Å². The van der Waals surface area contributed by atoms with Crippen molar-refractivity contribution in [2.45, 2.75) is 44.7 Å². The maximum absolute atomic E-state index is 13.1. The minimum Gasteiger partial charge on any atom is -0.352 e. The summed E-state index contributed by atoms with van der Waals surface area (Å²) < 4.78 is 41.8. The van der Waals surface area contributed by atoms with Crippen molar-refractivity contribution in [3.8, 4) is 0 Å². The van der Waals surface area contributed by atoms with Crippen LogP contribution in [0.1, 0.15) is 31.0 Å². The Kier molecular flexibility index (Phi) is 6.14. The first-order chi connectivity index (χ1) is 13.3. The number of rotatable bonds is 6. The fourth-order valence-corrected chi connectivity index (χ4v) is 4.88. The summed E-state index contributed by atoms with van der Waals surface area (Å²) in [6.45, 7) is 5.49. The molecule has 1 amide bonds. The molecule has 1 aliphatic rings. The van der Waals surface area contributed by atoms with Gasteiger partial charge in [-0.3, -0.25) is 9.48 Å². The van der Waals surface area contributed by atoms with Gasteiger partial charge in [-0.1, -0.05) is 0 Å². The van der Waals surface area contributed by atoms with E-state index < -0.39 is 21.8 Å². The minimum atomic E-state index is -3.75. The Labute approximate surface area is 164 Å². The number of nitrogens with one attached hydrogen (secondary N) is 1. The van der Waals surface area contributed by atoms with Crippen molar-refractivity contribution in [1.29, 1.82) is 0 Å². The van der Waals surface area contributed by atoms with Crippen molar-refractivity contribution in [1.82, 2.24) is 19.4 Å². The first kappa shape index (κ1) is 20.5. The van der Waals surface area contributed by atoms with E-state index in [1.54, 1.807) is 0 Å². The van der Waals surface area contributed by atoms with Gasteiger partial charge in [-0.2, -0.15) is 9.40 Å². The van der Waals surface area contributed by atoms with Crippen molar-refractivity contribution < 1.29 is 17.6 Å². The predicted molar refractivity (Wildman–Crippen MR) is 102 cm³/mol. The molecule has 1 fully saturated rings. The van der Waals surface area contributed by atoms with E-state index in [2.05, 4.69) is 10.4 Å². The molecule has 0 aliphatic carbocycles. The lowest BCUT2D eigenvalue weighted by atomic mass is 9.99. The molecule has 3 rings (SSSR count). The predicted octanol–water partition coefficient (Wildman–Crippen LogP) is 2.07. The summed E-state index contributed by atoms with van der Waals surface area (Å²) >= 11 is 0. The molecule has 1 aromatic heterocycles. The van der Waals surface area contributed by atoms with E-state index in [9.17, 15) is 17.6 Å². The van der Waals surface area contributed by atoms with Crippen LogP contribution in [-0.2, 0) is 27.9 Å². The van der Waals surface area contributed by atoms with Gasteiger partial charge in [0.05, 0.1) is 16.5 Å². The Morgan fingerprint density at radius 2 is 2.04 bits per heavy atom. The van der Waals surface area contributed by atoms with Gasteiger partial charge in [0.1, 0.15) is 5.82 Å². The number of piperidine rings is 1. The molecule has 0 radical (unpaired) electrons. The lowest BCUT2D eigenvalue weighted by molar-refractivity contribution is -0.126. The molecular formula is C19H25FN4O3S. The summed E-state index contributed by atoms with van der Waals surface area (Å²) in [4.78, 5) is 12.6. The summed E-state index contributed by atoms with van der Waals surface area (Å²) in [7, 11) is -3.75. The SMILES string of the molecule is CCn1cc(CNC(=O)C2CCCN(S(=O)(=O)c3ccc(F)cc3)C2)c(C)n1. The number of nitrogens with zero attached hydrogens (tertiary/aromatic N) is 3. The second-order valence-corrected chi connectivity index (χ2v) is 8.91. The topological polar surface area (TPSA) is 84.3 Å². The van der Waals surface area contributed by atoms with Crippen molar-refractivity contribution in [3.63, 3.8) is 0 Å². The standard InChI is InChI=1S/C19H25FN4O3S/c1-3-23-12-16(14(2)22-23)11-21-19(25)15-5-4-10-24(13-15)28(26,27)18-8-6-17(20)7-9-18/h6-9,12,15H,3-5,10-11,13H2,1-2H3,(H,21,25). The Bertz CT molecular complexity index is 941. The molecule has 1 unspecified atom stereocenters. The second kappa shape index (κ2) is 8.40. The van der Waals surface area contributed by atoms with Crippen LogP contribution < -0.4 is 5.32 Å². The highest BCUT2D eigenvalue weighted by molar-refractivity contribution is 7.89. The molecule has 1 N–H and O–H groups in total. The third-order valence-electron chi connectivity index (χ3n) is 5.03. The van der Waals surface area contributed by atoms with Crippen LogP contribution in [-0.4, -0.2) is 41.5 Å². The van der Waals surface area contributed by atoms with Crippen LogP contribution in [0.2, 0.25) is 0 Å². The van der Waals surface area contributed by atoms with Gasteiger partial charge in [-0.25, -0.2) is 12.8 Å². The zero-order valence-electron chi connectivity index (χ0n) is 16.1. The summed E-state index contributed by atoms with van der Waals surface area (Å²) in [6.07, 6.45) is 3.14. The Hall–Kier alpha value is -2.26. The number of amides is 1. The number of aromatic nitrogens is 2. The van der Waals surface area contributed by atoms with Gasteiger partial charge in [0.15, 0.2) is 0 Å². The molecule has 1 atom stereocenters. The van der Waals surface area contributed by atoms with E-state index in [1.807, 2.05) is 24.7 Å². The van der Waals surface area contributed by atoms with Crippen LogP contribution >= 0.6 is 0 Å². The molecule has 2 aromatic rings. The van der Waals surface area contributed by atoms with E-state index in [4.69, 9.17) is 0 Å². The Morgan fingerprint density at radius 3 is 2.68 bits per heavy atom. The van der Waals surface area contributed by atoms with Crippen molar-refractivity contribution >= 4 is 15.9 Å². The summed E-state index contributed by atoms with van der Waals surface area (Å²) in [5.41, 5.74) is 1.81. The number of benzene rings is 1. The number of halogens is 1. The molecule has 1 aliphatic heterocycles. The van der Waals surface area contributed by atoms with Gasteiger partial charge < -0.3 is 5.32 Å². The third-order valence-corrected chi connectivity index (χ3v) is 6.91. The highest BCUT2D eigenvalue weighted by Gasteiger charge is 2.33. The van der Waals surface area contributed by atoms with Crippen LogP contribution in [0, 0.1) is 18.7 Å². The molecule has 28 heavy (non-hydrogen) atoms. The minimum absolute atomic E-state index is 0.0394. The number of aryl methyl sites for hydroxylation is 2. The monoisotopic (exact) mass is 408 g/mol. The second-order valence-electron chi connectivity index (χ2n) is 6.97. The number of carbonyl (C=O) groups excluding carboxylic acids is 1. The lowest BCUT2D eigenvalue weighted by Gasteiger charge is -2.31. The molecule has 1 saturated heterocycles. The number of carbonyl (C=O) groups is 1. The third kappa shape index (κ3) is 4.41. The fraction of sp³-hybridized carbons (Fsp3) is 0.474. The maximum Gasteiger partial charge on any atom is 0.243 e. The van der Waals surface area contributed by atoms with Crippen molar-refractivity contribution in [2.75, 3.05) is 13.1 Å².